The fourth-order valence-corrected chi connectivity index (χ4v) is 2.12. The number of benzene rings is 1. The van der Waals surface area contributed by atoms with Gasteiger partial charge in [0.15, 0.2) is 0 Å². The van der Waals surface area contributed by atoms with Crippen molar-refractivity contribution >= 4 is 23.4 Å². The van der Waals surface area contributed by atoms with Crippen molar-refractivity contribution in [2.75, 3.05) is 6.54 Å². The third-order valence-electron chi connectivity index (χ3n) is 3.00. The largest absolute Gasteiger partial charge is 0.388 e. The molecule has 0 radical (unpaired) electrons. The first-order valence-corrected chi connectivity index (χ1v) is 6.22. The molecule has 1 saturated heterocycles. The number of carbonyl (C=O) groups excluding carboxylic acids is 2. The maximum absolute atomic E-state index is 11.8. The number of aliphatic hydroxyl groups excluding tert-OH is 1. The third kappa shape index (κ3) is 2.89. The van der Waals surface area contributed by atoms with Gasteiger partial charge >= 0.3 is 0 Å². The summed E-state index contributed by atoms with van der Waals surface area (Å²) in [5.41, 5.74) is 0.624. The van der Waals surface area contributed by atoms with Crippen LogP contribution in [0.3, 0.4) is 0 Å². The van der Waals surface area contributed by atoms with E-state index in [1.165, 1.54) is 4.90 Å². The molecule has 96 valence electrons. The second-order valence-corrected chi connectivity index (χ2v) is 4.75. The lowest BCUT2D eigenvalue weighted by Crippen LogP contribution is -2.32. The molecule has 0 aliphatic carbocycles. The molecule has 1 atom stereocenters. The van der Waals surface area contributed by atoms with Crippen LogP contribution in [-0.2, 0) is 9.59 Å². The number of aliphatic hydroxyl groups is 1. The van der Waals surface area contributed by atoms with Gasteiger partial charge in [0.25, 0.3) is 0 Å². The van der Waals surface area contributed by atoms with Crippen molar-refractivity contribution in [1.82, 2.24) is 4.90 Å². The summed E-state index contributed by atoms with van der Waals surface area (Å²) in [6.07, 6.45) is 0.153. The lowest BCUT2D eigenvalue weighted by molar-refractivity contribution is -0.143. The van der Waals surface area contributed by atoms with E-state index in [1.54, 1.807) is 24.3 Å². The Morgan fingerprint density at radius 1 is 1.39 bits per heavy atom. The fourth-order valence-electron chi connectivity index (χ4n) is 1.99. The van der Waals surface area contributed by atoms with Gasteiger partial charge < -0.3 is 5.11 Å². The smallest absolute Gasteiger partial charge is 0.232 e. The fraction of sp³-hybridized carbons (Fsp3) is 0.385. The van der Waals surface area contributed by atoms with Gasteiger partial charge in [0.2, 0.25) is 11.8 Å². The van der Waals surface area contributed by atoms with Crippen LogP contribution in [0.4, 0.5) is 0 Å². The van der Waals surface area contributed by atoms with Gasteiger partial charge in [-0.3, -0.25) is 14.5 Å². The molecule has 1 fully saturated rings. The predicted octanol–water partition coefficient (Wildman–Crippen LogP) is 1.91. The van der Waals surface area contributed by atoms with Crippen molar-refractivity contribution in [3.8, 4) is 0 Å². The maximum atomic E-state index is 11.8. The quantitative estimate of drug-likeness (QED) is 0.910. The summed E-state index contributed by atoms with van der Waals surface area (Å²) in [6.45, 7) is 0.463. The number of carbonyl (C=O) groups is 2. The molecule has 1 N–H and O–H groups in total. The standard InChI is InChI=1S/C13H14ClNO3/c14-10-5-3-9(4-6-10)11(16)8-13(18)15-7-1-2-12(15)17/h3-6,11,16H,1-2,7-8H2. The minimum absolute atomic E-state index is 0.0760. The van der Waals surface area contributed by atoms with Gasteiger partial charge in [-0.1, -0.05) is 23.7 Å². The van der Waals surface area contributed by atoms with Crippen LogP contribution in [0.2, 0.25) is 5.02 Å². The van der Waals surface area contributed by atoms with E-state index in [0.717, 1.165) is 0 Å². The van der Waals surface area contributed by atoms with Crippen molar-refractivity contribution in [2.24, 2.45) is 0 Å². The van der Waals surface area contributed by atoms with E-state index in [4.69, 9.17) is 11.6 Å². The van der Waals surface area contributed by atoms with Crippen LogP contribution in [0.25, 0.3) is 0 Å². The topological polar surface area (TPSA) is 57.6 Å². The zero-order chi connectivity index (χ0) is 13.1. The minimum atomic E-state index is -0.900. The molecule has 0 spiro atoms. The number of rotatable bonds is 3. The van der Waals surface area contributed by atoms with E-state index in [0.29, 0.717) is 30.0 Å². The molecule has 1 aliphatic rings. The molecule has 0 saturated carbocycles. The Labute approximate surface area is 110 Å². The Balaban J connectivity index is 1.98. The van der Waals surface area contributed by atoms with Gasteiger partial charge in [-0.05, 0) is 24.1 Å². The summed E-state index contributed by atoms with van der Waals surface area (Å²) in [5.74, 6) is -0.469. The van der Waals surface area contributed by atoms with Crippen molar-refractivity contribution in [1.29, 1.82) is 0 Å². The van der Waals surface area contributed by atoms with Gasteiger partial charge in [0.05, 0.1) is 12.5 Å². The zero-order valence-corrected chi connectivity index (χ0v) is 10.6. The second-order valence-electron chi connectivity index (χ2n) is 4.31. The predicted molar refractivity (Wildman–Crippen MR) is 67.0 cm³/mol. The summed E-state index contributed by atoms with van der Waals surface area (Å²) in [6, 6.07) is 6.66. The molecule has 0 aromatic heterocycles. The molecule has 1 aromatic carbocycles. The van der Waals surface area contributed by atoms with Crippen LogP contribution >= 0.6 is 11.6 Å². The molecule has 0 bridgehead atoms. The van der Waals surface area contributed by atoms with Gasteiger partial charge in [0, 0.05) is 18.0 Å². The Morgan fingerprint density at radius 2 is 2.06 bits per heavy atom. The molecule has 2 amide bonds. The van der Waals surface area contributed by atoms with E-state index in [2.05, 4.69) is 0 Å². The highest BCUT2D eigenvalue weighted by molar-refractivity contribution is 6.30. The van der Waals surface area contributed by atoms with Crippen LogP contribution in [0.15, 0.2) is 24.3 Å². The van der Waals surface area contributed by atoms with E-state index >= 15 is 0 Å². The number of hydrogen-bond acceptors (Lipinski definition) is 3. The van der Waals surface area contributed by atoms with Crippen LogP contribution in [0.5, 0.6) is 0 Å². The Bertz CT molecular complexity index is 458. The number of nitrogens with zero attached hydrogens (tertiary/aromatic N) is 1. The first-order valence-electron chi connectivity index (χ1n) is 5.84. The van der Waals surface area contributed by atoms with Crippen LogP contribution in [0.1, 0.15) is 30.9 Å². The van der Waals surface area contributed by atoms with E-state index in [-0.39, 0.29) is 18.2 Å². The Morgan fingerprint density at radius 3 is 2.61 bits per heavy atom. The summed E-state index contributed by atoms with van der Waals surface area (Å²) in [7, 11) is 0. The van der Waals surface area contributed by atoms with E-state index < -0.39 is 6.10 Å². The number of imide groups is 1. The number of halogens is 1. The highest BCUT2D eigenvalue weighted by Gasteiger charge is 2.27. The summed E-state index contributed by atoms with van der Waals surface area (Å²) in [4.78, 5) is 24.4. The molecular formula is C13H14ClNO3. The molecule has 5 heteroatoms. The van der Waals surface area contributed by atoms with Gasteiger partial charge in [0.1, 0.15) is 0 Å². The normalized spacial score (nSPS) is 17.0. The van der Waals surface area contributed by atoms with Gasteiger partial charge in [-0.2, -0.15) is 0 Å². The lowest BCUT2D eigenvalue weighted by Gasteiger charge is -2.16. The van der Waals surface area contributed by atoms with Crippen LogP contribution in [0, 0.1) is 0 Å². The summed E-state index contributed by atoms with van der Waals surface area (Å²) in [5, 5.41) is 10.5. The minimum Gasteiger partial charge on any atom is -0.388 e. The monoisotopic (exact) mass is 267 g/mol. The molecule has 1 aliphatic heterocycles. The second kappa shape index (κ2) is 5.50. The van der Waals surface area contributed by atoms with E-state index in [9.17, 15) is 14.7 Å². The van der Waals surface area contributed by atoms with Crippen LogP contribution in [-0.4, -0.2) is 28.4 Å². The molecular weight excluding hydrogens is 254 g/mol. The van der Waals surface area contributed by atoms with Crippen molar-refractivity contribution in [3.05, 3.63) is 34.9 Å². The molecule has 18 heavy (non-hydrogen) atoms. The highest BCUT2D eigenvalue weighted by atomic mass is 35.5. The Hall–Kier alpha value is -1.39. The van der Waals surface area contributed by atoms with E-state index in [1.807, 2.05) is 0 Å². The van der Waals surface area contributed by atoms with Gasteiger partial charge in [-0.25, -0.2) is 0 Å². The Kier molecular flexibility index (Phi) is 3.99. The summed E-state index contributed by atoms with van der Waals surface area (Å²) < 4.78 is 0. The average molecular weight is 268 g/mol. The molecule has 1 heterocycles. The summed E-state index contributed by atoms with van der Waals surface area (Å²) >= 11 is 5.74. The highest BCUT2D eigenvalue weighted by Crippen LogP contribution is 2.21. The zero-order valence-electron chi connectivity index (χ0n) is 9.80. The number of amides is 2. The molecule has 1 aromatic rings. The van der Waals surface area contributed by atoms with Gasteiger partial charge in [-0.15, -0.1) is 0 Å². The van der Waals surface area contributed by atoms with Crippen LogP contribution < -0.4 is 0 Å². The van der Waals surface area contributed by atoms with Crippen molar-refractivity contribution in [3.63, 3.8) is 0 Å². The first-order chi connectivity index (χ1) is 8.58. The SMILES string of the molecule is O=C1CCCN1C(=O)CC(O)c1ccc(Cl)cc1. The van der Waals surface area contributed by atoms with Crippen molar-refractivity contribution < 1.29 is 14.7 Å². The molecule has 1 unspecified atom stereocenters. The molecule has 2 rings (SSSR count). The van der Waals surface area contributed by atoms with Crippen molar-refractivity contribution in [2.45, 2.75) is 25.4 Å². The maximum Gasteiger partial charge on any atom is 0.232 e. The number of likely N-dealkylation sites (tertiary alicyclic amines) is 1. The average Bonchev–Trinajstić information content (AvgIpc) is 2.76. The number of hydrogen-bond donors (Lipinski definition) is 1. The molecule has 4 nitrogen and oxygen atoms in total. The first kappa shape index (κ1) is 13.1. The third-order valence-corrected chi connectivity index (χ3v) is 3.25. The lowest BCUT2D eigenvalue weighted by atomic mass is 10.1.